The summed E-state index contributed by atoms with van der Waals surface area (Å²) in [6.07, 6.45) is 7.83. The van der Waals surface area contributed by atoms with Gasteiger partial charge in [0.2, 0.25) is 0 Å². The lowest BCUT2D eigenvalue weighted by atomic mass is 10.1. The molecule has 1 atom stereocenters. The first-order chi connectivity index (χ1) is 8.34. The highest BCUT2D eigenvalue weighted by atomic mass is 15.2. The number of hydrogen-bond donors (Lipinski definition) is 1. The van der Waals surface area contributed by atoms with Gasteiger partial charge < -0.3 is 0 Å². The lowest BCUT2D eigenvalue weighted by Gasteiger charge is -2.18. The van der Waals surface area contributed by atoms with E-state index in [0.717, 1.165) is 23.6 Å². The zero-order valence-electron chi connectivity index (χ0n) is 9.80. The zero-order valence-corrected chi connectivity index (χ0v) is 9.80. The predicted octanol–water partition coefficient (Wildman–Crippen LogP) is 1.63. The van der Waals surface area contributed by atoms with Crippen molar-refractivity contribution in [3.63, 3.8) is 0 Å². The lowest BCUT2D eigenvalue weighted by Crippen LogP contribution is -2.18. The quantitative estimate of drug-likeness (QED) is 0.850. The van der Waals surface area contributed by atoms with Crippen LogP contribution in [0.4, 0.5) is 0 Å². The predicted molar refractivity (Wildman–Crippen MR) is 64.2 cm³/mol. The number of aromatic nitrogens is 4. The highest BCUT2D eigenvalue weighted by molar-refractivity contribution is 5.51. The summed E-state index contributed by atoms with van der Waals surface area (Å²) in [5.74, 6) is 0. The van der Waals surface area contributed by atoms with E-state index >= 15 is 0 Å². The number of nitrogens with zero attached hydrogens (tertiary/aromatic N) is 4. The maximum atomic E-state index is 4.52. The summed E-state index contributed by atoms with van der Waals surface area (Å²) in [4.78, 5) is 11.3. The minimum atomic E-state index is 0.429. The molecule has 1 fully saturated rings. The summed E-state index contributed by atoms with van der Waals surface area (Å²) in [6, 6.07) is 2.32. The summed E-state index contributed by atoms with van der Waals surface area (Å²) < 4.78 is 0. The first-order valence-corrected chi connectivity index (χ1v) is 5.86. The van der Waals surface area contributed by atoms with E-state index in [9.17, 15) is 0 Å². The third kappa shape index (κ3) is 1.93. The van der Waals surface area contributed by atoms with Gasteiger partial charge in [0.15, 0.2) is 0 Å². The third-order valence-corrected chi connectivity index (χ3v) is 3.31. The Kier molecular flexibility index (Phi) is 2.60. The van der Waals surface area contributed by atoms with Gasteiger partial charge in [-0.25, -0.2) is 0 Å². The molecule has 0 aromatic carbocycles. The van der Waals surface area contributed by atoms with Gasteiger partial charge in [0, 0.05) is 6.20 Å². The van der Waals surface area contributed by atoms with Crippen molar-refractivity contribution in [3.05, 3.63) is 30.4 Å². The van der Waals surface area contributed by atoms with E-state index in [4.69, 9.17) is 0 Å². The molecule has 5 nitrogen and oxygen atoms in total. The van der Waals surface area contributed by atoms with Crippen LogP contribution >= 0.6 is 0 Å². The van der Waals surface area contributed by atoms with Crippen molar-refractivity contribution in [3.8, 4) is 11.4 Å². The fraction of sp³-hybridized carbons (Fsp3) is 0.417. The summed E-state index contributed by atoms with van der Waals surface area (Å²) in [6.45, 7) is 1.15. The van der Waals surface area contributed by atoms with E-state index in [-0.39, 0.29) is 0 Å². The van der Waals surface area contributed by atoms with E-state index in [1.54, 1.807) is 6.20 Å². The number of H-pyrrole nitrogens is 1. The Bertz CT molecular complexity index is 476. The SMILES string of the molecule is CN1CCCC1c1cnc(-c2ccn[nH]2)cn1. The van der Waals surface area contributed by atoms with Gasteiger partial charge in [-0.1, -0.05) is 0 Å². The van der Waals surface area contributed by atoms with Crippen LogP contribution in [-0.2, 0) is 0 Å². The Morgan fingerprint density at radius 2 is 2.29 bits per heavy atom. The average molecular weight is 229 g/mol. The molecule has 1 aliphatic rings. The molecule has 0 spiro atoms. The van der Waals surface area contributed by atoms with Crippen molar-refractivity contribution in [2.24, 2.45) is 0 Å². The van der Waals surface area contributed by atoms with Crippen molar-refractivity contribution in [1.29, 1.82) is 0 Å². The van der Waals surface area contributed by atoms with Crippen molar-refractivity contribution in [2.75, 3.05) is 13.6 Å². The highest BCUT2D eigenvalue weighted by Gasteiger charge is 2.23. The van der Waals surface area contributed by atoms with Crippen LogP contribution < -0.4 is 0 Å². The van der Waals surface area contributed by atoms with Gasteiger partial charge in [-0.2, -0.15) is 5.10 Å². The van der Waals surface area contributed by atoms with Gasteiger partial charge in [-0.05, 0) is 32.5 Å². The molecule has 0 amide bonds. The normalized spacial score (nSPS) is 20.9. The molecule has 3 heterocycles. The molecule has 0 radical (unpaired) electrons. The molecule has 1 N–H and O–H groups in total. The lowest BCUT2D eigenvalue weighted by molar-refractivity contribution is 0.311. The van der Waals surface area contributed by atoms with E-state index < -0.39 is 0 Å². The van der Waals surface area contributed by atoms with Crippen LogP contribution in [0.15, 0.2) is 24.7 Å². The topological polar surface area (TPSA) is 57.7 Å². The fourth-order valence-electron chi connectivity index (χ4n) is 2.33. The minimum absolute atomic E-state index is 0.429. The van der Waals surface area contributed by atoms with E-state index in [1.807, 2.05) is 18.5 Å². The second-order valence-corrected chi connectivity index (χ2v) is 4.44. The summed E-state index contributed by atoms with van der Waals surface area (Å²) >= 11 is 0. The monoisotopic (exact) mass is 229 g/mol. The average Bonchev–Trinajstić information content (AvgIpc) is 3.00. The van der Waals surface area contributed by atoms with Gasteiger partial charge >= 0.3 is 0 Å². The number of likely N-dealkylation sites (tertiary alicyclic amines) is 1. The standard InChI is InChI=1S/C12H15N5/c1-17-6-2-3-12(17)11-8-13-10(7-14-11)9-4-5-15-16-9/h4-5,7-8,12H,2-3,6H2,1H3,(H,15,16). The molecule has 2 aromatic heterocycles. The Morgan fingerprint density at radius 3 is 2.88 bits per heavy atom. The molecule has 2 aromatic rings. The Morgan fingerprint density at radius 1 is 1.35 bits per heavy atom. The van der Waals surface area contributed by atoms with Gasteiger partial charge in [0.05, 0.1) is 29.8 Å². The number of aromatic amines is 1. The summed E-state index contributed by atoms with van der Waals surface area (Å²) in [5.41, 5.74) is 2.81. The number of rotatable bonds is 2. The molecular formula is C12H15N5. The van der Waals surface area contributed by atoms with E-state index in [1.165, 1.54) is 12.8 Å². The number of hydrogen-bond acceptors (Lipinski definition) is 4. The summed E-state index contributed by atoms with van der Waals surface area (Å²) in [5, 5.41) is 6.80. The largest absolute Gasteiger partial charge is 0.298 e. The third-order valence-electron chi connectivity index (χ3n) is 3.31. The molecule has 88 valence electrons. The van der Waals surface area contributed by atoms with Crippen molar-refractivity contribution < 1.29 is 0 Å². The molecule has 0 aliphatic carbocycles. The molecule has 0 saturated carbocycles. The Hall–Kier alpha value is -1.75. The van der Waals surface area contributed by atoms with Crippen LogP contribution in [0.5, 0.6) is 0 Å². The van der Waals surface area contributed by atoms with Crippen LogP contribution in [-0.4, -0.2) is 38.7 Å². The Balaban J connectivity index is 1.85. The molecule has 3 rings (SSSR count). The van der Waals surface area contributed by atoms with Gasteiger partial charge in [-0.15, -0.1) is 0 Å². The second-order valence-electron chi connectivity index (χ2n) is 4.44. The molecule has 1 saturated heterocycles. The fourth-order valence-corrected chi connectivity index (χ4v) is 2.33. The first kappa shape index (κ1) is 10.4. The van der Waals surface area contributed by atoms with Crippen molar-refractivity contribution in [2.45, 2.75) is 18.9 Å². The highest BCUT2D eigenvalue weighted by Crippen LogP contribution is 2.28. The smallest absolute Gasteiger partial charge is 0.106 e. The minimum Gasteiger partial charge on any atom is -0.298 e. The van der Waals surface area contributed by atoms with Gasteiger partial charge in [0.25, 0.3) is 0 Å². The molecule has 17 heavy (non-hydrogen) atoms. The second kappa shape index (κ2) is 4.25. The number of nitrogens with one attached hydrogen (secondary N) is 1. The van der Waals surface area contributed by atoms with Crippen molar-refractivity contribution in [1.82, 2.24) is 25.1 Å². The summed E-state index contributed by atoms with van der Waals surface area (Å²) in [7, 11) is 2.14. The molecule has 0 bridgehead atoms. The molecule has 1 aliphatic heterocycles. The maximum absolute atomic E-state index is 4.52. The van der Waals surface area contributed by atoms with Crippen molar-refractivity contribution >= 4 is 0 Å². The maximum Gasteiger partial charge on any atom is 0.106 e. The van der Waals surface area contributed by atoms with Crippen LogP contribution in [0.3, 0.4) is 0 Å². The zero-order chi connectivity index (χ0) is 11.7. The molecule has 1 unspecified atom stereocenters. The Labute approximate surface area is 99.9 Å². The van der Waals surface area contributed by atoms with Crippen LogP contribution in [0.1, 0.15) is 24.6 Å². The van der Waals surface area contributed by atoms with Crippen LogP contribution in [0, 0.1) is 0 Å². The van der Waals surface area contributed by atoms with Gasteiger partial charge in [-0.3, -0.25) is 20.0 Å². The first-order valence-electron chi connectivity index (χ1n) is 5.86. The molecular weight excluding hydrogens is 214 g/mol. The van der Waals surface area contributed by atoms with E-state index in [0.29, 0.717) is 6.04 Å². The van der Waals surface area contributed by atoms with E-state index in [2.05, 4.69) is 32.1 Å². The van der Waals surface area contributed by atoms with Gasteiger partial charge in [0.1, 0.15) is 5.69 Å². The van der Waals surface area contributed by atoms with Crippen LogP contribution in [0.2, 0.25) is 0 Å². The molecule has 5 heteroatoms. The van der Waals surface area contributed by atoms with Crippen LogP contribution in [0.25, 0.3) is 11.4 Å².